The van der Waals surface area contributed by atoms with Crippen molar-refractivity contribution < 1.29 is 9.47 Å². The number of nitrogens with one attached hydrogen (secondary N) is 1. The van der Waals surface area contributed by atoms with Gasteiger partial charge in [-0.15, -0.1) is 0 Å². The molecular weight excluding hydrogens is 264 g/mol. The molecule has 2 saturated carbocycles. The Balaban J connectivity index is 1.75. The highest BCUT2D eigenvalue weighted by Gasteiger charge is 2.49. The summed E-state index contributed by atoms with van der Waals surface area (Å²) in [6, 6.07) is 0.279. The molecule has 3 rings (SSSR count). The van der Waals surface area contributed by atoms with Crippen molar-refractivity contribution in [2.45, 2.75) is 88.4 Å². The molecule has 122 valence electrons. The van der Waals surface area contributed by atoms with Gasteiger partial charge in [-0.3, -0.25) is 11.3 Å². The maximum atomic E-state index is 6.26. The molecule has 21 heavy (non-hydrogen) atoms. The lowest BCUT2D eigenvalue weighted by Gasteiger charge is -2.47. The molecule has 3 fully saturated rings. The molecule has 4 nitrogen and oxygen atoms in total. The zero-order chi connectivity index (χ0) is 14.8. The Hall–Kier alpha value is -0.160. The van der Waals surface area contributed by atoms with Gasteiger partial charge in [0.2, 0.25) is 0 Å². The summed E-state index contributed by atoms with van der Waals surface area (Å²) in [7, 11) is 0. The van der Waals surface area contributed by atoms with Crippen molar-refractivity contribution in [2.24, 2.45) is 11.8 Å². The van der Waals surface area contributed by atoms with Crippen LogP contribution >= 0.6 is 0 Å². The minimum Gasteiger partial charge on any atom is -0.375 e. The Bertz CT molecular complexity index is 336. The van der Waals surface area contributed by atoms with Crippen molar-refractivity contribution >= 4 is 0 Å². The normalized spacial score (nSPS) is 32.6. The van der Waals surface area contributed by atoms with Crippen LogP contribution in [0.2, 0.25) is 0 Å². The van der Waals surface area contributed by atoms with Crippen molar-refractivity contribution in [2.75, 3.05) is 13.2 Å². The lowest BCUT2D eigenvalue weighted by molar-refractivity contribution is -0.129. The van der Waals surface area contributed by atoms with E-state index in [0.717, 1.165) is 38.9 Å². The molecular formula is C17H32N2O2. The van der Waals surface area contributed by atoms with Gasteiger partial charge in [0.15, 0.2) is 0 Å². The second kappa shape index (κ2) is 6.53. The van der Waals surface area contributed by atoms with E-state index in [1.54, 1.807) is 0 Å². The molecule has 1 saturated heterocycles. The third-order valence-electron chi connectivity index (χ3n) is 6.15. The average molecular weight is 296 g/mol. The van der Waals surface area contributed by atoms with Gasteiger partial charge in [0.25, 0.3) is 0 Å². The lowest BCUT2D eigenvalue weighted by atomic mass is 9.74. The van der Waals surface area contributed by atoms with Gasteiger partial charge in [-0.25, -0.2) is 0 Å². The predicted molar refractivity (Wildman–Crippen MR) is 83.8 cm³/mol. The minimum atomic E-state index is -0.0364. The van der Waals surface area contributed by atoms with E-state index in [0.29, 0.717) is 5.92 Å². The quantitative estimate of drug-likeness (QED) is 0.605. The monoisotopic (exact) mass is 296 g/mol. The van der Waals surface area contributed by atoms with Crippen molar-refractivity contribution in [3.05, 3.63) is 0 Å². The van der Waals surface area contributed by atoms with Gasteiger partial charge in [-0.1, -0.05) is 25.7 Å². The standard InChI is InChI=1S/C17H32N2O2/c1-2-20-17(10-5-6-11-17)15(19-18)14-7-12-21-16(13-14)8-3-4-9-16/h14-15,19H,2-13,18H2,1H3. The fraction of sp³-hybridized carbons (Fsp3) is 1.00. The molecule has 0 radical (unpaired) electrons. The Morgan fingerprint density at radius 3 is 2.48 bits per heavy atom. The van der Waals surface area contributed by atoms with Crippen LogP contribution in [-0.2, 0) is 9.47 Å². The molecule has 1 aliphatic heterocycles. The molecule has 3 aliphatic rings. The molecule has 2 atom stereocenters. The molecule has 0 bridgehead atoms. The molecule has 0 aromatic heterocycles. The Kier molecular flexibility index (Phi) is 4.89. The van der Waals surface area contributed by atoms with Gasteiger partial charge >= 0.3 is 0 Å². The molecule has 1 spiro atoms. The first-order valence-electron chi connectivity index (χ1n) is 8.98. The van der Waals surface area contributed by atoms with Crippen LogP contribution in [0.4, 0.5) is 0 Å². The molecule has 0 amide bonds. The van der Waals surface area contributed by atoms with Gasteiger partial charge in [0.05, 0.1) is 17.2 Å². The number of ether oxygens (including phenoxy) is 2. The van der Waals surface area contributed by atoms with E-state index in [1.165, 1.54) is 38.5 Å². The largest absolute Gasteiger partial charge is 0.375 e. The van der Waals surface area contributed by atoms with Gasteiger partial charge in [0.1, 0.15) is 0 Å². The van der Waals surface area contributed by atoms with Gasteiger partial charge in [-0.05, 0) is 51.4 Å². The molecule has 4 heteroatoms. The highest BCUT2D eigenvalue weighted by molar-refractivity contribution is 5.03. The summed E-state index contributed by atoms with van der Waals surface area (Å²) in [5, 5.41) is 0. The number of hydrazine groups is 1. The summed E-state index contributed by atoms with van der Waals surface area (Å²) >= 11 is 0. The number of rotatable bonds is 5. The fourth-order valence-corrected chi connectivity index (χ4v) is 5.24. The van der Waals surface area contributed by atoms with Crippen LogP contribution in [0.15, 0.2) is 0 Å². The van der Waals surface area contributed by atoms with Crippen LogP contribution in [0.1, 0.15) is 71.1 Å². The Morgan fingerprint density at radius 1 is 1.19 bits per heavy atom. The summed E-state index contributed by atoms with van der Waals surface area (Å²) in [5.41, 5.74) is 3.29. The zero-order valence-corrected chi connectivity index (χ0v) is 13.5. The summed E-state index contributed by atoms with van der Waals surface area (Å²) in [6.45, 7) is 3.79. The first kappa shape index (κ1) is 15.7. The molecule has 2 unspecified atom stereocenters. The fourth-order valence-electron chi connectivity index (χ4n) is 5.24. The second-order valence-corrected chi connectivity index (χ2v) is 7.34. The molecule has 1 heterocycles. The van der Waals surface area contributed by atoms with Crippen LogP contribution in [0, 0.1) is 5.92 Å². The second-order valence-electron chi connectivity index (χ2n) is 7.34. The number of nitrogens with two attached hydrogens (primary N) is 1. The molecule has 0 aromatic rings. The smallest absolute Gasteiger partial charge is 0.0850 e. The highest BCUT2D eigenvalue weighted by Crippen LogP contribution is 2.47. The first-order chi connectivity index (χ1) is 10.2. The zero-order valence-electron chi connectivity index (χ0n) is 13.5. The van der Waals surface area contributed by atoms with Crippen molar-refractivity contribution in [1.29, 1.82) is 0 Å². The highest BCUT2D eigenvalue weighted by atomic mass is 16.5. The predicted octanol–water partition coefficient (Wildman–Crippen LogP) is 2.91. The van der Waals surface area contributed by atoms with E-state index < -0.39 is 0 Å². The van der Waals surface area contributed by atoms with Crippen molar-refractivity contribution in [3.63, 3.8) is 0 Å². The Labute approximate surface area is 129 Å². The topological polar surface area (TPSA) is 56.5 Å². The van der Waals surface area contributed by atoms with Gasteiger partial charge < -0.3 is 9.47 Å². The van der Waals surface area contributed by atoms with Crippen molar-refractivity contribution in [3.8, 4) is 0 Å². The molecule has 0 aromatic carbocycles. The van der Waals surface area contributed by atoms with Crippen LogP contribution in [0.5, 0.6) is 0 Å². The Morgan fingerprint density at radius 2 is 1.86 bits per heavy atom. The summed E-state index contributed by atoms with van der Waals surface area (Å²) in [6.07, 6.45) is 12.3. The minimum absolute atomic E-state index is 0.0364. The van der Waals surface area contributed by atoms with E-state index in [4.69, 9.17) is 15.3 Å². The molecule has 2 aliphatic carbocycles. The summed E-state index contributed by atoms with van der Waals surface area (Å²) in [4.78, 5) is 0. The van der Waals surface area contributed by atoms with E-state index in [2.05, 4.69) is 12.3 Å². The van der Waals surface area contributed by atoms with Crippen LogP contribution in [-0.4, -0.2) is 30.5 Å². The number of hydrogen-bond donors (Lipinski definition) is 2. The molecule has 3 N–H and O–H groups in total. The van der Waals surface area contributed by atoms with E-state index in [-0.39, 0.29) is 17.2 Å². The van der Waals surface area contributed by atoms with Gasteiger partial charge in [-0.2, -0.15) is 0 Å². The van der Waals surface area contributed by atoms with E-state index in [1.807, 2.05) is 0 Å². The summed E-state index contributed by atoms with van der Waals surface area (Å²) in [5.74, 6) is 6.60. The number of hydrogen-bond acceptors (Lipinski definition) is 4. The lowest BCUT2D eigenvalue weighted by Crippen LogP contribution is -2.59. The van der Waals surface area contributed by atoms with Crippen molar-refractivity contribution in [1.82, 2.24) is 5.43 Å². The third-order valence-corrected chi connectivity index (χ3v) is 6.15. The maximum Gasteiger partial charge on any atom is 0.0850 e. The maximum absolute atomic E-state index is 6.26. The SMILES string of the molecule is CCOC1(C(NN)C2CCOC3(CCCC3)C2)CCCC1. The van der Waals surface area contributed by atoms with Crippen LogP contribution < -0.4 is 11.3 Å². The van der Waals surface area contributed by atoms with Crippen LogP contribution in [0.25, 0.3) is 0 Å². The third kappa shape index (κ3) is 3.00. The van der Waals surface area contributed by atoms with E-state index in [9.17, 15) is 0 Å². The van der Waals surface area contributed by atoms with Crippen LogP contribution in [0.3, 0.4) is 0 Å². The summed E-state index contributed by atoms with van der Waals surface area (Å²) < 4.78 is 12.5. The average Bonchev–Trinajstić information content (AvgIpc) is 3.11. The first-order valence-corrected chi connectivity index (χ1v) is 8.98. The van der Waals surface area contributed by atoms with Gasteiger partial charge in [0, 0.05) is 13.2 Å². The van der Waals surface area contributed by atoms with E-state index >= 15 is 0 Å².